The van der Waals surface area contributed by atoms with Crippen LogP contribution in [-0.2, 0) is 9.53 Å². The van der Waals surface area contributed by atoms with Crippen LogP contribution in [0.15, 0.2) is 42.5 Å². The normalized spacial score (nSPS) is 18.5. The molecular formula is C15H15N3O3. The molecule has 1 N–H and O–H groups in total. The molecule has 0 aliphatic carbocycles. The summed E-state index contributed by atoms with van der Waals surface area (Å²) in [6.07, 6.45) is -0.811. The predicted octanol–water partition coefficient (Wildman–Crippen LogP) is 1.43. The Labute approximate surface area is 122 Å². The van der Waals surface area contributed by atoms with Gasteiger partial charge in [0.05, 0.1) is 18.8 Å². The summed E-state index contributed by atoms with van der Waals surface area (Å²) in [5, 5.41) is 17.4. The molecule has 3 rings (SSSR count). The van der Waals surface area contributed by atoms with Gasteiger partial charge >= 0.3 is 5.97 Å². The van der Waals surface area contributed by atoms with E-state index < -0.39 is 12.1 Å². The highest BCUT2D eigenvalue weighted by atomic mass is 16.5. The monoisotopic (exact) mass is 285 g/mol. The highest BCUT2D eigenvalue weighted by Crippen LogP contribution is 2.19. The number of nitrogens with zero attached hydrogens (tertiary/aromatic N) is 3. The topological polar surface area (TPSA) is 75.5 Å². The van der Waals surface area contributed by atoms with Gasteiger partial charge in [0.25, 0.3) is 0 Å². The molecule has 21 heavy (non-hydrogen) atoms. The average molecular weight is 285 g/mol. The zero-order chi connectivity index (χ0) is 14.7. The van der Waals surface area contributed by atoms with Gasteiger partial charge in [-0.2, -0.15) is 0 Å². The van der Waals surface area contributed by atoms with Crippen molar-refractivity contribution in [2.45, 2.75) is 6.10 Å². The van der Waals surface area contributed by atoms with Gasteiger partial charge in [0.1, 0.15) is 0 Å². The highest BCUT2D eigenvalue weighted by molar-refractivity contribution is 5.73. The van der Waals surface area contributed by atoms with Crippen LogP contribution in [-0.4, -0.2) is 47.1 Å². The number of benzene rings is 1. The maximum Gasteiger partial charge on any atom is 0.334 e. The lowest BCUT2D eigenvalue weighted by molar-refractivity contribution is -0.150. The molecule has 1 aromatic heterocycles. The molecule has 2 aromatic rings. The van der Waals surface area contributed by atoms with Crippen LogP contribution in [0.4, 0.5) is 5.82 Å². The van der Waals surface area contributed by atoms with Crippen molar-refractivity contribution in [3.63, 3.8) is 0 Å². The fourth-order valence-corrected chi connectivity index (χ4v) is 2.26. The zero-order valence-corrected chi connectivity index (χ0v) is 11.3. The number of hydrogen-bond acceptors (Lipinski definition) is 5. The Kier molecular flexibility index (Phi) is 3.79. The van der Waals surface area contributed by atoms with Crippen molar-refractivity contribution in [3.05, 3.63) is 42.5 Å². The van der Waals surface area contributed by atoms with E-state index in [9.17, 15) is 4.79 Å². The minimum Gasteiger partial charge on any atom is -0.479 e. The summed E-state index contributed by atoms with van der Waals surface area (Å²) in [4.78, 5) is 12.9. The molecule has 0 unspecified atom stereocenters. The Hall–Kier alpha value is -2.47. The number of carbonyl (C=O) groups is 1. The third kappa shape index (κ3) is 3.00. The van der Waals surface area contributed by atoms with Gasteiger partial charge in [0, 0.05) is 12.1 Å². The molecule has 6 heteroatoms. The molecule has 1 atom stereocenters. The van der Waals surface area contributed by atoms with Gasteiger partial charge < -0.3 is 14.7 Å². The third-order valence-electron chi connectivity index (χ3n) is 3.39. The molecule has 1 aromatic carbocycles. The van der Waals surface area contributed by atoms with Crippen LogP contribution >= 0.6 is 0 Å². The summed E-state index contributed by atoms with van der Waals surface area (Å²) in [6, 6.07) is 13.5. The molecule has 0 saturated carbocycles. The Morgan fingerprint density at radius 2 is 2.00 bits per heavy atom. The summed E-state index contributed by atoms with van der Waals surface area (Å²) in [5.74, 6) is -0.280. The highest BCUT2D eigenvalue weighted by Gasteiger charge is 2.27. The van der Waals surface area contributed by atoms with E-state index in [2.05, 4.69) is 10.2 Å². The zero-order valence-electron chi connectivity index (χ0n) is 11.3. The third-order valence-corrected chi connectivity index (χ3v) is 3.39. The predicted molar refractivity (Wildman–Crippen MR) is 77.1 cm³/mol. The van der Waals surface area contributed by atoms with Crippen LogP contribution in [0.25, 0.3) is 11.3 Å². The summed E-state index contributed by atoms with van der Waals surface area (Å²) in [6.45, 7) is 1.27. The summed E-state index contributed by atoms with van der Waals surface area (Å²) >= 11 is 0. The molecular weight excluding hydrogens is 270 g/mol. The summed E-state index contributed by atoms with van der Waals surface area (Å²) in [5.41, 5.74) is 1.80. The van der Waals surface area contributed by atoms with Gasteiger partial charge in [-0.25, -0.2) is 4.79 Å². The maximum absolute atomic E-state index is 11.0. The van der Waals surface area contributed by atoms with E-state index in [1.165, 1.54) is 0 Å². The second kappa shape index (κ2) is 5.88. The van der Waals surface area contributed by atoms with Crippen LogP contribution in [0, 0.1) is 0 Å². The van der Waals surface area contributed by atoms with Crippen LogP contribution in [0.3, 0.4) is 0 Å². The van der Waals surface area contributed by atoms with Crippen molar-refractivity contribution >= 4 is 11.8 Å². The van der Waals surface area contributed by atoms with Gasteiger partial charge in [-0.05, 0) is 12.1 Å². The van der Waals surface area contributed by atoms with Crippen LogP contribution < -0.4 is 4.90 Å². The minimum absolute atomic E-state index is 0.286. The van der Waals surface area contributed by atoms with Gasteiger partial charge in [0.2, 0.25) is 0 Å². The Bertz CT molecular complexity index is 616. The molecule has 0 spiro atoms. The van der Waals surface area contributed by atoms with Crippen molar-refractivity contribution in [2.75, 3.05) is 24.6 Å². The van der Waals surface area contributed by atoms with Crippen LogP contribution in [0.1, 0.15) is 0 Å². The first kappa shape index (κ1) is 13.5. The first-order valence-electron chi connectivity index (χ1n) is 6.72. The van der Waals surface area contributed by atoms with E-state index in [4.69, 9.17) is 9.84 Å². The molecule has 108 valence electrons. The lowest BCUT2D eigenvalue weighted by atomic mass is 10.1. The number of ether oxygens (including phenoxy) is 1. The van der Waals surface area contributed by atoms with Crippen molar-refractivity contribution < 1.29 is 14.6 Å². The average Bonchev–Trinajstić information content (AvgIpc) is 2.56. The largest absolute Gasteiger partial charge is 0.479 e. The molecule has 0 amide bonds. The fourth-order valence-electron chi connectivity index (χ4n) is 2.26. The van der Waals surface area contributed by atoms with Crippen molar-refractivity contribution in [1.29, 1.82) is 0 Å². The lowest BCUT2D eigenvalue weighted by Gasteiger charge is -2.31. The molecule has 6 nitrogen and oxygen atoms in total. The maximum atomic E-state index is 11.0. The lowest BCUT2D eigenvalue weighted by Crippen LogP contribution is -2.46. The number of aromatic nitrogens is 2. The number of rotatable bonds is 3. The van der Waals surface area contributed by atoms with E-state index in [0.717, 1.165) is 11.3 Å². The first-order chi connectivity index (χ1) is 10.2. The number of morpholine rings is 1. The second-order valence-electron chi connectivity index (χ2n) is 4.79. The Morgan fingerprint density at radius 3 is 2.67 bits per heavy atom. The van der Waals surface area contributed by atoms with E-state index in [1.54, 1.807) is 0 Å². The van der Waals surface area contributed by atoms with E-state index in [0.29, 0.717) is 19.0 Å². The molecule has 1 aliphatic rings. The standard InChI is InChI=1S/C15H15N3O3/c19-15(20)13-10-18(8-9-21-13)14-7-6-12(16-17-14)11-4-2-1-3-5-11/h1-7,13H,8-10H2,(H,19,20)/t13-/m1/s1. The minimum atomic E-state index is -0.950. The molecule has 0 bridgehead atoms. The molecule has 1 fully saturated rings. The number of carboxylic acids is 1. The van der Waals surface area contributed by atoms with Gasteiger partial charge in [-0.15, -0.1) is 10.2 Å². The van der Waals surface area contributed by atoms with Crippen LogP contribution in [0.5, 0.6) is 0 Å². The number of anilines is 1. The van der Waals surface area contributed by atoms with Gasteiger partial charge in [-0.3, -0.25) is 0 Å². The first-order valence-corrected chi connectivity index (χ1v) is 6.72. The Morgan fingerprint density at radius 1 is 1.19 bits per heavy atom. The fraction of sp³-hybridized carbons (Fsp3) is 0.267. The SMILES string of the molecule is O=C(O)[C@H]1CN(c2ccc(-c3ccccc3)nn2)CCO1. The van der Waals surface area contributed by atoms with E-state index in [-0.39, 0.29) is 6.54 Å². The molecule has 1 saturated heterocycles. The molecule has 1 aliphatic heterocycles. The van der Waals surface area contributed by atoms with Gasteiger partial charge in [0.15, 0.2) is 11.9 Å². The molecule has 0 radical (unpaired) electrons. The number of hydrogen-bond donors (Lipinski definition) is 1. The van der Waals surface area contributed by atoms with Crippen molar-refractivity contribution in [3.8, 4) is 11.3 Å². The second-order valence-corrected chi connectivity index (χ2v) is 4.79. The summed E-state index contributed by atoms with van der Waals surface area (Å²) < 4.78 is 5.19. The van der Waals surface area contributed by atoms with Crippen molar-refractivity contribution in [2.24, 2.45) is 0 Å². The quantitative estimate of drug-likeness (QED) is 0.919. The number of carboxylic acid groups (broad SMARTS) is 1. The van der Waals surface area contributed by atoms with Crippen LogP contribution in [0.2, 0.25) is 0 Å². The Balaban J connectivity index is 1.76. The van der Waals surface area contributed by atoms with Gasteiger partial charge in [-0.1, -0.05) is 30.3 Å². The smallest absolute Gasteiger partial charge is 0.334 e. The van der Waals surface area contributed by atoms with Crippen molar-refractivity contribution in [1.82, 2.24) is 10.2 Å². The molecule has 2 heterocycles. The number of aliphatic carboxylic acids is 1. The summed E-state index contributed by atoms with van der Waals surface area (Å²) in [7, 11) is 0. The van der Waals surface area contributed by atoms with E-state index >= 15 is 0 Å². The van der Waals surface area contributed by atoms with E-state index in [1.807, 2.05) is 47.4 Å².